The first kappa shape index (κ1) is 19.7. The minimum Gasteiger partial charge on any atom is -0.490 e. The zero-order valence-electron chi connectivity index (χ0n) is 15.8. The Morgan fingerprint density at radius 1 is 1.28 bits per heavy atom. The van der Waals surface area contributed by atoms with Crippen molar-refractivity contribution in [1.29, 1.82) is 0 Å². The third-order valence-corrected chi connectivity index (χ3v) is 5.65. The molecule has 0 bridgehead atoms. The molecule has 0 unspecified atom stereocenters. The van der Waals surface area contributed by atoms with Gasteiger partial charge in [0.1, 0.15) is 12.4 Å². The van der Waals surface area contributed by atoms with Gasteiger partial charge < -0.3 is 20.1 Å². The molecule has 1 aromatic heterocycles. The average Bonchev–Trinajstić information content (AvgIpc) is 3.21. The quantitative estimate of drug-likeness (QED) is 0.527. The first-order chi connectivity index (χ1) is 14.1. The number of H-pyrrole nitrogens is 1. The molecule has 0 aliphatic carbocycles. The van der Waals surface area contributed by atoms with E-state index >= 15 is 0 Å². The fourth-order valence-electron chi connectivity index (χ4n) is 3.50. The lowest BCUT2D eigenvalue weighted by Crippen LogP contribution is -2.47. The number of benzene rings is 2. The summed E-state index contributed by atoms with van der Waals surface area (Å²) in [5.74, 6) is 0.345. The van der Waals surface area contributed by atoms with E-state index in [2.05, 4.69) is 37.5 Å². The number of halogens is 1. The van der Waals surface area contributed by atoms with Gasteiger partial charge in [-0.25, -0.2) is 0 Å². The highest BCUT2D eigenvalue weighted by Crippen LogP contribution is 2.21. The Labute approximate surface area is 177 Å². The summed E-state index contributed by atoms with van der Waals surface area (Å²) >= 11 is 3.36. The van der Waals surface area contributed by atoms with Gasteiger partial charge in [-0.15, -0.1) is 0 Å². The Morgan fingerprint density at radius 2 is 2.03 bits per heavy atom. The standard InChI is InChI=1S/C21H23BrN4O3/c22-15-1-4-18(5-2-15)29-13-20(27)21(28)26-9-7-16(8-10-26)24-17-3-6-19-14(11-17)12-23-25-19/h1-6,11-12,16,20,24,27H,7-10,13H2,(H,23,25)/t20-/m1/s1. The number of likely N-dealkylation sites (tertiary alicyclic amines) is 1. The molecule has 3 N–H and O–H groups in total. The first-order valence-corrected chi connectivity index (χ1v) is 10.4. The number of anilines is 1. The number of rotatable bonds is 6. The fourth-order valence-corrected chi connectivity index (χ4v) is 3.76. The number of aliphatic hydroxyl groups is 1. The molecule has 0 saturated carbocycles. The predicted molar refractivity (Wildman–Crippen MR) is 115 cm³/mol. The molecule has 1 atom stereocenters. The number of fused-ring (bicyclic) bond motifs is 1. The molecule has 0 radical (unpaired) electrons. The SMILES string of the molecule is O=C([C@H](O)COc1ccc(Br)cc1)N1CCC(Nc2ccc3[nH]ncc3c2)CC1. The van der Waals surface area contributed by atoms with Crippen LogP contribution in [0, 0.1) is 0 Å². The number of nitrogens with zero attached hydrogens (tertiary/aromatic N) is 2. The van der Waals surface area contributed by atoms with Gasteiger partial charge in [-0.3, -0.25) is 9.89 Å². The van der Waals surface area contributed by atoms with Crippen LogP contribution in [0.3, 0.4) is 0 Å². The lowest BCUT2D eigenvalue weighted by molar-refractivity contribution is -0.142. The summed E-state index contributed by atoms with van der Waals surface area (Å²) in [5.41, 5.74) is 2.06. The van der Waals surface area contributed by atoms with Crippen molar-refractivity contribution in [3.05, 3.63) is 53.1 Å². The Morgan fingerprint density at radius 3 is 2.79 bits per heavy atom. The number of piperidine rings is 1. The van der Waals surface area contributed by atoms with Crippen LogP contribution in [0.25, 0.3) is 10.9 Å². The highest BCUT2D eigenvalue weighted by molar-refractivity contribution is 9.10. The van der Waals surface area contributed by atoms with E-state index in [4.69, 9.17) is 4.74 Å². The van der Waals surface area contributed by atoms with E-state index in [1.165, 1.54) is 0 Å². The van der Waals surface area contributed by atoms with E-state index < -0.39 is 6.10 Å². The second-order valence-corrected chi connectivity index (χ2v) is 8.11. The molecule has 0 spiro atoms. The number of nitrogens with one attached hydrogen (secondary N) is 2. The topological polar surface area (TPSA) is 90.5 Å². The summed E-state index contributed by atoms with van der Waals surface area (Å²) in [5, 5.41) is 21.8. The number of carbonyl (C=O) groups is 1. The lowest BCUT2D eigenvalue weighted by atomic mass is 10.0. The van der Waals surface area contributed by atoms with Crippen molar-refractivity contribution in [1.82, 2.24) is 15.1 Å². The van der Waals surface area contributed by atoms with Crippen LogP contribution >= 0.6 is 15.9 Å². The Bertz CT molecular complexity index is 967. The van der Waals surface area contributed by atoms with Gasteiger partial charge in [0.05, 0.1) is 11.7 Å². The molecular formula is C21H23BrN4O3. The van der Waals surface area contributed by atoms with E-state index in [0.29, 0.717) is 24.9 Å². The molecule has 2 heterocycles. The minimum absolute atomic E-state index is 0.0522. The van der Waals surface area contributed by atoms with E-state index in [-0.39, 0.29) is 12.5 Å². The molecule has 8 heteroatoms. The summed E-state index contributed by atoms with van der Waals surface area (Å²) in [7, 11) is 0. The number of hydrogen-bond donors (Lipinski definition) is 3. The van der Waals surface area contributed by atoms with E-state index in [9.17, 15) is 9.90 Å². The number of aromatic amines is 1. The van der Waals surface area contributed by atoms with Crippen molar-refractivity contribution < 1.29 is 14.6 Å². The van der Waals surface area contributed by atoms with Gasteiger partial charge in [0.25, 0.3) is 5.91 Å². The lowest BCUT2D eigenvalue weighted by Gasteiger charge is -2.34. The van der Waals surface area contributed by atoms with Crippen LogP contribution < -0.4 is 10.1 Å². The number of aliphatic hydroxyl groups excluding tert-OH is 1. The van der Waals surface area contributed by atoms with Gasteiger partial charge in [0, 0.05) is 34.7 Å². The minimum atomic E-state index is -1.16. The van der Waals surface area contributed by atoms with Gasteiger partial charge in [-0.2, -0.15) is 5.10 Å². The van der Waals surface area contributed by atoms with Crippen molar-refractivity contribution in [2.24, 2.45) is 0 Å². The molecule has 1 aliphatic heterocycles. The van der Waals surface area contributed by atoms with Gasteiger partial charge >= 0.3 is 0 Å². The maximum absolute atomic E-state index is 12.5. The maximum Gasteiger partial charge on any atom is 0.254 e. The van der Waals surface area contributed by atoms with Crippen LogP contribution in [0.1, 0.15) is 12.8 Å². The molecule has 152 valence electrons. The molecule has 7 nitrogen and oxygen atoms in total. The Balaban J connectivity index is 1.24. The number of ether oxygens (including phenoxy) is 1. The molecule has 29 heavy (non-hydrogen) atoms. The van der Waals surface area contributed by atoms with Gasteiger partial charge in [0.15, 0.2) is 6.10 Å². The largest absolute Gasteiger partial charge is 0.490 e. The smallest absolute Gasteiger partial charge is 0.254 e. The van der Waals surface area contributed by atoms with Crippen LogP contribution in [0.5, 0.6) is 5.75 Å². The first-order valence-electron chi connectivity index (χ1n) is 9.63. The molecule has 3 aromatic rings. The zero-order chi connectivity index (χ0) is 20.2. The molecule has 1 aliphatic rings. The third-order valence-electron chi connectivity index (χ3n) is 5.12. The second kappa shape index (κ2) is 8.84. The van der Waals surface area contributed by atoms with E-state index in [1.54, 1.807) is 23.2 Å². The summed E-state index contributed by atoms with van der Waals surface area (Å²) in [6.45, 7) is 1.17. The monoisotopic (exact) mass is 458 g/mol. The Hall–Kier alpha value is -2.58. The van der Waals surface area contributed by atoms with Crippen molar-refractivity contribution in [2.75, 3.05) is 25.0 Å². The number of hydrogen-bond acceptors (Lipinski definition) is 5. The zero-order valence-corrected chi connectivity index (χ0v) is 17.4. The molecule has 2 aromatic carbocycles. The van der Waals surface area contributed by atoms with E-state index in [1.807, 2.05) is 24.3 Å². The van der Waals surface area contributed by atoms with Gasteiger partial charge in [0.2, 0.25) is 0 Å². The number of aromatic nitrogens is 2. The van der Waals surface area contributed by atoms with E-state index in [0.717, 1.165) is 33.9 Å². The summed E-state index contributed by atoms with van der Waals surface area (Å²) < 4.78 is 6.47. The van der Waals surface area contributed by atoms with Crippen molar-refractivity contribution >= 4 is 38.4 Å². The van der Waals surface area contributed by atoms with Gasteiger partial charge in [-0.05, 0) is 55.3 Å². The molecule has 1 amide bonds. The third kappa shape index (κ3) is 4.89. The molecule has 1 fully saturated rings. The van der Waals surface area contributed by atoms with Crippen LogP contribution in [-0.4, -0.2) is 58.0 Å². The Kier molecular flexibility index (Phi) is 6.01. The van der Waals surface area contributed by atoms with Crippen LogP contribution in [-0.2, 0) is 4.79 Å². The van der Waals surface area contributed by atoms with Crippen LogP contribution in [0.4, 0.5) is 5.69 Å². The average molecular weight is 459 g/mol. The fraction of sp³-hybridized carbons (Fsp3) is 0.333. The number of carbonyl (C=O) groups excluding carboxylic acids is 1. The van der Waals surface area contributed by atoms with Crippen molar-refractivity contribution in [3.8, 4) is 5.75 Å². The van der Waals surface area contributed by atoms with Crippen LogP contribution in [0.15, 0.2) is 53.1 Å². The molecule has 4 rings (SSSR count). The highest BCUT2D eigenvalue weighted by Gasteiger charge is 2.27. The molecule has 1 saturated heterocycles. The molecular weight excluding hydrogens is 436 g/mol. The van der Waals surface area contributed by atoms with Crippen LogP contribution in [0.2, 0.25) is 0 Å². The van der Waals surface area contributed by atoms with Gasteiger partial charge in [-0.1, -0.05) is 15.9 Å². The highest BCUT2D eigenvalue weighted by atomic mass is 79.9. The normalized spacial score (nSPS) is 16.0. The summed E-state index contributed by atoms with van der Waals surface area (Å²) in [6, 6.07) is 13.7. The predicted octanol–water partition coefficient (Wildman–Crippen LogP) is 3.17. The summed E-state index contributed by atoms with van der Waals surface area (Å²) in [4.78, 5) is 14.2. The van der Waals surface area contributed by atoms with Crippen molar-refractivity contribution in [2.45, 2.75) is 25.0 Å². The maximum atomic E-state index is 12.5. The second-order valence-electron chi connectivity index (χ2n) is 7.20. The number of amides is 1. The van der Waals surface area contributed by atoms with Crippen molar-refractivity contribution in [3.63, 3.8) is 0 Å². The summed E-state index contributed by atoms with van der Waals surface area (Å²) in [6.07, 6.45) is 2.30.